The van der Waals surface area contributed by atoms with Gasteiger partial charge in [-0.1, -0.05) is 39.5 Å². The van der Waals surface area contributed by atoms with Crippen molar-refractivity contribution in [2.45, 2.75) is 39.4 Å². The van der Waals surface area contributed by atoms with Crippen molar-refractivity contribution in [1.29, 1.82) is 0 Å². The lowest BCUT2D eigenvalue weighted by molar-refractivity contribution is 0.407. The molecule has 0 aromatic rings. The van der Waals surface area contributed by atoms with Crippen LogP contribution in [0.1, 0.15) is 33.6 Å². The number of hydrogen-bond acceptors (Lipinski definition) is 3. The zero-order valence-electron chi connectivity index (χ0n) is 17.8. The van der Waals surface area contributed by atoms with E-state index in [4.69, 9.17) is 0 Å². The Balaban J connectivity index is 1.58. The second-order valence-corrected chi connectivity index (χ2v) is 9.95. The van der Waals surface area contributed by atoms with Gasteiger partial charge in [0.05, 0.1) is 5.78 Å². The van der Waals surface area contributed by atoms with E-state index in [1.807, 2.05) is 0 Å². The lowest BCUT2D eigenvalue weighted by atomic mass is 9.89. The van der Waals surface area contributed by atoms with Crippen LogP contribution in [0.25, 0.3) is 0 Å². The molecule has 3 nitrogen and oxygen atoms in total. The predicted octanol–water partition coefficient (Wildman–Crippen LogP) is 5.74. The lowest BCUT2D eigenvalue weighted by Gasteiger charge is -2.39. The fourth-order valence-corrected chi connectivity index (χ4v) is 5.73. The molecule has 4 heteroatoms. The molecule has 4 aliphatic heterocycles. The van der Waals surface area contributed by atoms with E-state index in [-0.39, 0.29) is 0 Å². The first-order valence-corrected chi connectivity index (χ1v) is 11.6. The summed E-state index contributed by atoms with van der Waals surface area (Å²) in [5.74, 6) is 1.05. The molecule has 0 bridgehead atoms. The van der Waals surface area contributed by atoms with Gasteiger partial charge in [-0.2, -0.15) is 0 Å². The minimum absolute atomic E-state index is 0.379. The summed E-state index contributed by atoms with van der Waals surface area (Å²) < 4.78 is 0. The monoisotopic (exact) mass is 405 g/mol. The van der Waals surface area contributed by atoms with Crippen LogP contribution in [0.3, 0.4) is 0 Å². The largest absolute Gasteiger partial charge is 0.337 e. The summed E-state index contributed by atoms with van der Waals surface area (Å²) in [5, 5.41) is 4.84. The third-order valence-corrected chi connectivity index (χ3v) is 7.45. The fraction of sp³-hybridized carbons (Fsp3) is 0.360. The van der Waals surface area contributed by atoms with Crippen LogP contribution in [-0.4, -0.2) is 28.7 Å². The van der Waals surface area contributed by atoms with Gasteiger partial charge in [-0.3, -0.25) is 0 Å². The molecule has 4 aliphatic rings. The topological polar surface area (TPSA) is 18.5 Å². The predicted molar refractivity (Wildman–Crippen MR) is 126 cm³/mol. The molecule has 29 heavy (non-hydrogen) atoms. The van der Waals surface area contributed by atoms with Crippen molar-refractivity contribution in [2.24, 2.45) is 5.92 Å². The number of allylic oxidation sites excluding steroid dienone is 8. The molecule has 1 N–H and O–H groups in total. The summed E-state index contributed by atoms with van der Waals surface area (Å²) in [7, 11) is 0.698. The zero-order valence-corrected chi connectivity index (χ0v) is 18.8. The number of nitrogens with one attached hydrogen (secondary N) is 1. The van der Waals surface area contributed by atoms with Crippen molar-refractivity contribution in [3.63, 3.8) is 0 Å². The molecule has 0 spiro atoms. The van der Waals surface area contributed by atoms with Gasteiger partial charge >= 0.3 is 0 Å². The Labute approximate surface area is 177 Å². The second-order valence-electron chi connectivity index (χ2n) is 8.53. The van der Waals surface area contributed by atoms with Crippen molar-refractivity contribution >= 4 is 8.58 Å². The minimum atomic E-state index is 0.379. The third kappa shape index (κ3) is 4.27. The fourth-order valence-electron chi connectivity index (χ4n) is 4.29. The van der Waals surface area contributed by atoms with E-state index in [1.54, 1.807) is 0 Å². The minimum Gasteiger partial charge on any atom is -0.337 e. The summed E-state index contributed by atoms with van der Waals surface area (Å²) in [6.07, 6.45) is 18.5. The van der Waals surface area contributed by atoms with Crippen LogP contribution in [0.5, 0.6) is 0 Å². The molecule has 152 valence electrons. The molecular weight excluding hydrogens is 373 g/mol. The number of hydrogen-bond donors (Lipinski definition) is 1. The Morgan fingerprint density at radius 2 is 1.93 bits per heavy atom. The average Bonchev–Trinajstić information content (AvgIpc) is 2.71. The van der Waals surface area contributed by atoms with Crippen molar-refractivity contribution < 1.29 is 0 Å². The molecular formula is C25H32N3P. The lowest BCUT2D eigenvalue weighted by Crippen LogP contribution is -2.33. The van der Waals surface area contributed by atoms with Gasteiger partial charge in [0.25, 0.3) is 0 Å². The Kier molecular flexibility index (Phi) is 5.81. The van der Waals surface area contributed by atoms with Gasteiger partial charge in [0.2, 0.25) is 0 Å². The third-order valence-electron chi connectivity index (χ3n) is 5.94. The van der Waals surface area contributed by atoms with E-state index in [9.17, 15) is 0 Å². The molecule has 0 radical (unpaired) electrons. The van der Waals surface area contributed by atoms with E-state index >= 15 is 0 Å². The highest BCUT2D eigenvalue weighted by atomic mass is 31.1. The van der Waals surface area contributed by atoms with Crippen molar-refractivity contribution in [1.82, 2.24) is 15.1 Å². The maximum absolute atomic E-state index is 4.40. The quantitative estimate of drug-likeness (QED) is 0.604. The van der Waals surface area contributed by atoms with Gasteiger partial charge in [-0.25, -0.2) is 0 Å². The number of nitrogens with zero attached hydrogens (tertiary/aromatic N) is 2. The van der Waals surface area contributed by atoms with Gasteiger partial charge < -0.3 is 15.1 Å². The number of rotatable bonds is 3. The number of fused-ring (bicyclic) bond motifs is 1. The first kappa shape index (κ1) is 20.2. The van der Waals surface area contributed by atoms with Crippen LogP contribution < -0.4 is 5.32 Å². The smallest absolute Gasteiger partial charge is 0.0728 e. The van der Waals surface area contributed by atoms with E-state index in [1.165, 1.54) is 40.4 Å². The highest BCUT2D eigenvalue weighted by molar-refractivity contribution is 7.44. The molecule has 2 atom stereocenters. The van der Waals surface area contributed by atoms with Crippen LogP contribution in [0.4, 0.5) is 0 Å². The van der Waals surface area contributed by atoms with Gasteiger partial charge in [-0.15, -0.1) is 0 Å². The van der Waals surface area contributed by atoms with Gasteiger partial charge in [0.15, 0.2) is 0 Å². The Morgan fingerprint density at radius 3 is 2.66 bits per heavy atom. The maximum atomic E-state index is 4.40. The molecule has 0 aromatic heterocycles. The summed E-state index contributed by atoms with van der Waals surface area (Å²) in [6, 6.07) is 0. The summed E-state index contributed by atoms with van der Waals surface area (Å²) in [4.78, 5) is 4.54. The SMILES string of the molecule is C=C1C(C)=CC(C2=CC(=C)N3C=C(C4CCNCC4)C=CC3P2)=CN1C=C(C)C. The molecule has 1 fully saturated rings. The van der Waals surface area contributed by atoms with E-state index in [2.05, 4.69) is 91.9 Å². The first-order chi connectivity index (χ1) is 13.9. The van der Waals surface area contributed by atoms with Gasteiger partial charge in [0, 0.05) is 30.0 Å². The van der Waals surface area contributed by atoms with Crippen LogP contribution in [0.15, 0.2) is 95.1 Å². The standard InChI is InChI=1S/C25H32N3P/c1-17(2)14-27-15-23(12-18(3)20(27)5)24-13-19(4)28-16-22(6-7-25(28)29-24)21-8-10-26-11-9-21/h6-7,12-16,21,25-26,29H,4-5,8-11H2,1-3H3. The van der Waals surface area contributed by atoms with Crippen LogP contribution in [0, 0.1) is 5.92 Å². The molecule has 0 amide bonds. The number of piperidine rings is 1. The van der Waals surface area contributed by atoms with E-state index in [0.29, 0.717) is 20.3 Å². The maximum Gasteiger partial charge on any atom is 0.0728 e. The Hall–Kier alpha value is -2.09. The average molecular weight is 406 g/mol. The zero-order chi connectivity index (χ0) is 20.5. The molecule has 1 saturated heterocycles. The van der Waals surface area contributed by atoms with Crippen molar-refractivity contribution in [3.05, 3.63) is 95.1 Å². The molecule has 0 aliphatic carbocycles. The summed E-state index contributed by atoms with van der Waals surface area (Å²) >= 11 is 0. The molecule has 4 rings (SSSR count). The molecule has 0 aromatic carbocycles. The van der Waals surface area contributed by atoms with E-state index < -0.39 is 0 Å². The Bertz CT molecular complexity index is 902. The first-order valence-electron chi connectivity index (χ1n) is 10.5. The van der Waals surface area contributed by atoms with Crippen molar-refractivity contribution in [2.75, 3.05) is 13.1 Å². The van der Waals surface area contributed by atoms with Crippen LogP contribution >= 0.6 is 8.58 Å². The highest BCUT2D eigenvalue weighted by Gasteiger charge is 2.28. The summed E-state index contributed by atoms with van der Waals surface area (Å²) in [6.45, 7) is 17.3. The Morgan fingerprint density at radius 1 is 1.17 bits per heavy atom. The molecule has 0 saturated carbocycles. The normalized spacial score (nSPS) is 26.0. The second kappa shape index (κ2) is 8.34. The van der Waals surface area contributed by atoms with E-state index in [0.717, 1.165) is 24.5 Å². The molecule has 2 unspecified atom stereocenters. The van der Waals surface area contributed by atoms with Gasteiger partial charge in [0.1, 0.15) is 0 Å². The van der Waals surface area contributed by atoms with Crippen molar-refractivity contribution in [3.8, 4) is 0 Å². The van der Waals surface area contributed by atoms with Gasteiger partial charge in [-0.05, 0) is 86.8 Å². The highest BCUT2D eigenvalue weighted by Crippen LogP contribution is 2.47. The molecule has 4 heterocycles. The summed E-state index contributed by atoms with van der Waals surface area (Å²) in [5.41, 5.74) is 7.34. The van der Waals surface area contributed by atoms with Crippen LogP contribution in [-0.2, 0) is 0 Å². The van der Waals surface area contributed by atoms with Crippen LogP contribution in [0.2, 0.25) is 0 Å².